The van der Waals surface area contributed by atoms with Crippen LogP contribution in [-0.2, 0) is 27.4 Å². The zero-order chi connectivity index (χ0) is 59.8. The van der Waals surface area contributed by atoms with Crippen molar-refractivity contribution in [1.29, 1.82) is 0 Å². The smallest absolute Gasteiger partial charge is 0.410 e. The number of rotatable bonds is 14. The van der Waals surface area contributed by atoms with E-state index in [1.807, 2.05) is 32.9 Å². The molecular formula is C59H64N14O11. The van der Waals surface area contributed by atoms with Crippen LogP contribution in [-0.4, -0.2) is 147 Å². The number of nitrogens with zero attached hydrogens (tertiary/aromatic N) is 8. The van der Waals surface area contributed by atoms with Crippen LogP contribution in [0.25, 0.3) is 56.9 Å². The molecule has 436 valence electrons. The van der Waals surface area contributed by atoms with Crippen LogP contribution in [0.1, 0.15) is 64.1 Å². The molecule has 84 heavy (non-hydrogen) atoms. The molecule has 25 heteroatoms. The number of pyridine rings is 2. The van der Waals surface area contributed by atoms with Crippen molar-refractivity contribution in [3.8, 4) is 34.3 Å². The number of methoxy groups -OCH3 is 2. The van der Waals surface area contributed by atoms with Gasteiger partial charge in [-0.05, 0) is 105 Å². The maximum absolute atomic E-state index is 12.7. The number of aromatic carboxylic acids is 1. The standard InChI is InChI=1S/C27H27N7O4.C23H19N5O5.C9H18N2O2/c1-37-22-12-19(26-32-14-20(15-33-26)27(36)34-8-6-29-7-9-34)10-18-11-21(38-25(18)22)16-31-24(35)5-3-17-2-4-23(28)30-13-17;1-32-18-8-15(22-27-10-16(11-28-22)23(30)31)6-14-7-17(33-21(14)18)12-26-20(29)5-3-13-2-4-19(24)25-9-13;1-9(2,3)13-8(12)11-6-4-10-5-7-11/h2-5,10-15,29H,6-9,16H2,1H3,(H2,28,30)(H,31,35);2-11H,12H2,1H3,(H2,24,25)(H,26,29)(H,30,31);10H,4-7H2,1-3H3/b2*5-3+;. The van der Waals surface area contributed by atoms with Crippen LogP contribution in [0, 0.1) is 0 Å². The van der Waals surface area contributed by atoms with Gasteiger partial charge in [0.2, 0.25) is 11.8 Å². The van der Waals surface area contributed by atoms with Crippen molar-refractivity contribution in [2.75, 3.05) is 78.0 Å². The second kappa shape index (κ2) is 27.9. The van der Waals surface area contributed by atoms with Gasteiger partial charge in [0.25, 0.3) is 5.91 Å². The Kier molecular flexibility index (Phi) is 19.9. The highest BCUT2D eigenvalue weighted by Crippen LogP contribution is 2.35. The van der Waals surface area contributed by atoms with Crippen molar-refractivity contribution in [3.05, 3.63) is 144 Å². The fourth-order valence-electron chi connectivity index (χ4n) is 8.32. The molecule has 0 saturated carbocycles. The van der Waals surface area contributed by atoms with Gasteiger partial charge in [-0.3, -0.25) is 14.4 Å². The molecule has 10 rings (SSSR count). The largest absolute Gasteiger partial charge is 0.493 e. The number of carboxylic acids is 1. The molecular weight excluding hydrogens is 1080 g/mol. The maximum atomic E-state index is 12.7. The molecule has 2 aromatic carbocycles. The third-order valence-electron chi connectivity index (χ3n) is 12.5. The highest BCUT2D eigenvalue weighted by atomic mass is 16.6. The first-order valence-electron chi connectivity index (χ1n) is 26.5. The van der Waals surface area contributed by atoms with Gasteiger partial charge in [-0.1, -0.05) is 0 Å². The van der Waals surface area contributed by atoms with Crippen LogP contribution < -0.4 is 42.2 Å². The molecule has 2 aliphatic rings. The Morgan fingerprint density at radius 1 is 0.607 bits per heavy atom. The molecule has 0 atom stereocenters. The monoisotopic (exact) mass is 1140 g/mol. The van der Waals surface area contributed by atoms with E-state index in [9.17, 15) is 24.0 Å². The summed E-state index contributed by atoms with van der Waals surface area (Å²) in [6, 6.07) is 17.6. The first kappa shape index (κ1) is 59.8. The van der Waals surface area contributed by atoms with Gasteiger partial charge in [-0.15, -0.1) is 0 Å². The maximum Gasteiger partial charge on any atom is 0.410 e. The Morgan fingerprint density at radius 2 is 1.04 bits per heavy atom. The molecule has 2 fully saturated rings. The fourth-order valence-corrected chi connectivity index (χ4v) is 8.32. The number of anilines is 2. The van der Waals surface area contributed by atoms with Crippen molar-refractivity contribution in [3.63, 3.8) is 0 Å². The SMILES string of the molecule is CC(C)(C)OC(=O)N1CCNCC1.COc1cc(-c2ncc(C(=O)N3CCNCC3)cn2)cc2cc(CNC(=O)/C=C/c3ccc(N)nc3)oc12.COc1cc(-c2ncc(C(=O)O)cn2)cc2cc(CNC(=O)/C=C/c3ccc(N)nc3)oc12. The van der Waals surface area contributed by atoms with Crippen LogP contribution in [0.5, 0.6) is 11.5 Å². The van der Waals surface area contributed by atoms with Crippen molar-refractivity contribution < 1.29 is 52.1 Å². The Bertz CT molecular complexity index is 3640. The summed E-state index contributed by atoms with van der Waals surface area (Å²) < 4.78 is 28.0. The van der Waals surface area contributed by atoms with Crippen LogP contribution in [0.15, 0.2) is 119 Å². The summed E-state index contributed by atoms with van der Waals surface area (Å²) in [5.41, 5.74) is 15.1. The predicted octanol–water partition coefficient (Wildman–Crippen LogP) is 5.98. The van der Waals surface area contributed by atoms with E-state index in [4.69, 9.17) is 39.6 Å². The van der Waals surface area contributed by atoms with Crippen LogP contribution in [0.4, 0.5) is 16.4 Å². The molecule has 0 radical (unpaired) electrons. The third-order valence-corrected chi connectivity index (χ3v) is 12.5. The van der Waals surface area contributed by atoms with E-state index in [0.717, 1.165) is 61.2 Å². The van der Waals surface area contributed by atoms with Crippen LogP contribution in [0.2, 0.25) is 0 Å². The lowest BCUT2D eigenvalue weighted by atomic mass is 10.1. The van der Waals surface area contributed by atoms with E-state index >= 15 is 0 Å². The topological polar surface area (TPSA) is 344 Å². The van der Waals surface area contributed by atoms with Gasteiger partial charge in [0.15, 0.2) is 34.3 Å². The van der Waals surface area contributed by atoms with Crippen molar-refractivity contribution in [2.45, 2.75) is 39.5 Å². The number of ether oxygens (including phenoxy) is 3. The highest BCUT2D eigenvalue weighted by molar-refractivity contribution is 5.95. The number of hydrogen-bond acceptors (Lipinski definition) is 20. The number of benzene rings is 2. The Balaban J connectivity index is 0.000000182. The number of nitrogens with two attached hydrogens (primary N) is 2. The number of piperazine rings is 2. The number of carboxylic acid groups (broad SMARTS) is 1. The third kappa shape index (κ3) is 16.7. The number of nitrogen functional groups attached to an aromatic ring is 2. The van der Waals surface area contributed by atoms with E-state index in [1.165, 1.54) is 31.7 Å². The zero-order valence-corrected chi connectivity index (χ0v) is 46.9. The van der Waals surface area contributed by atoms with Gasteiger partial charge in [0.05, 0.1) is 38.4 Å². The number of aromatic nitrogens is 6. The average molecular weight is 1150 g/mol. The molecule has 0 spiro atoms. The molecule has 0 bridgehead atoms. The Labute approximate surface area is 482 Å². The van der Waals surface area contributed by atoms with E-state index in [0.29, 0.717) is 87.2 Å². The molecule has 2 aliphatic heterocycles. The Hall–Kier alpha value is -10.3. The summed E-state index contributed by atoms with van der Waals surface area (Å²) in [6.45, 7) is 12.1. The summed E-state index contributed by atoms with van der Waals surface area (Å²) in [4.78, 5) is 88.2. The van der Waals surface area contributed by atoms with E-state index in [1.54, 1.807) is 102 Å². The summed E-state index contributed by atoms with van der Waals surface area (Å²) in [7, 11) is 3.06. The second-order valence-corrected chi connectivity index (χ2v) is 19.9. The summed E-state index contributed by atoms with van der Waals surface area (Å²) >= 11 is 0. The number of furan rings is 2. The summed E-state index contributed by atoms with van der Waals surface area (Å²) in [5.74, 6) is 1.93. The second-order valence-electron chi connectivity index (χ2n) is 19.9. The summed E-state index contributed by atoms with van der Waals surface area (Å²) in [6.07, 6.45) is 14.6. The van der Waals surface area contributed by atoms with Gasteiger partial charge in [-0.2, -0.15) is 0 Å². The molecule has 0 unspecified atom stereocenters. The number of amides is 4. The van der Waals surface area contributed by atoms with E-state index in [-0.39, 0.29) is 48.1 Å². The van der Waals surface area contributed by atoms with Crippen molar-refractivity contribution in [1.82, 2.24) is 61.0 Å². The van der Waals surface area contributed by atoms with Gasteiger partial charge in [-0.25, -0.2) is 39.5 Å². The van der Waals surface area contributed by atoms with Gasteiger partial charge < -0.3 is 70.7 Å². The average Bonchev–Trinajstić information content (AvgIpc) is 4.16. The molecule has 8 heterocycles. The lowest BCUT2D eigenvalue weighted by Gasteiger charge is -2.30. The van der Waals surface area contributed by atoms with Crippen molar-refractivity contribution in [2.24, 2.45) is 0 Å². The Morgan fingerprint density at radius 3 is 1.43 bits per heavy atom. The normalized spacial score (nSPS) is 13.4. The number of nitrogens with one attached hydrogen (secondary N) is 4. The number of hydrogen-bond donors (Lipinski definition) is 7. The minimum absolute atomic E-state index is 0.00478. The van der Waals surface area contributed by atoms with Crippen molar-refractivity contribution >= 4 is 75.5 Å². The molecule has 9 N–H and O–H groups in total. The lowest BCUT2D eigenvalue weighted by molar-refractivity contribution is -0.117. The number of carbonyl (C=O) groups excluding carboxylic acids is 4. The first-order valence-corrected chi connectivity index (χ1v) is 26.5. The van der Waals surface area contributed by atoms with E-state index < -0.39 is 5.97 Å². The number of carbonyl (C=O) groups is 5. The molecule has 8 aromatic rings. The first-order chi connectivity index (χ1) is 40.4. The lowest BCUT2D eigenvalue weighted by Crippen LogP contribution is -2.48. The predicted molar refractivity (Wildman–Crippen MR) is 313 cm³/mol. The molecule has 4 amide bonds. The molecule has 25 nitrogen and oxygen atoms in total. The highest BCUT2D eigenvalue weighted by Gasteiger charge is 2.24. The van der Waals surface area contributed by atoms with Gasteiger partial charge in [0.1, 0.15) is 28.8 Å². The fraction of sp³-hybridized carbons (Fsp3) is 0.271. The number of fused-ring (bicyclic) bond motifs is 2. The minimum atomic E-state index is -1.10. The zero-order valence-electron chi connectivity index (χ0n) is 46.9. The van der Waals surface area contributed by atoms with Crippen LogP contribution >= 0.6 is 0 Å². The van der Waals surface area contributed by atoms with Gasteiger partial charge >= 0.3 is 12.1 Å². The minimum Gasteiger partial charge on any atom is -0.493 e. The molecule has 6 aromatic heterocycles. The van der Waals surface area contributed by atoms with E-state index in [2.05, 4.69) is 51.2 Å². The molecule has 2 saturated heterocycles. The van der Waals surface area contributed by atoms with Gasteiger partial charge in [0, 0.05) is 124 Å². The summed E-state index contributed by atoms with van der Waals surface area (Å²) in [5, 5.41) is 22.5. The quantitative estimate of drug-likeness (QED) is 0.0616. The van der Waals surface area contributed by atoms with Crippen LogP contribution in [0.3, 0.4) is 0 Å². The molecule has 0 aliphatic carbocycles.